The molecule has 1 unspecified atom stereocenters. The molecule has 0 fully saturated rings. The smallest absolute Gasteiger partial charge is 0.0701 e. The summed E-state index contributed by atoms with van der Waals surface area (Å²) < 4.78 is 67.2. The molecule has 1 atom stereocenters. The topological polar surface area (TPSA) is 111 Å². The molecule has 0 aromatic rings. The highest BCUT2D eigenvalue weighted by atomic mass is 127. The van der Waals surface area contributed by atoms with Crippen molar-refractivity contribution < 1.29 is 56.8 Å². The summed E-state index contributed by atoms with van der Waals surface area (Å²) in [6.07, 6.45) is 6.12. The lowest BCUT2D eigenvalue weighted by atomic mass is 10.1. The van der Waals surface area contributed by atoms with Crippen LogP contribution in [0.25, 0.3) is 0 Å². The second kappa shape index (κ2) is 43.3. The van der Waals surface area contributed by atoms with Crippen LogP contribution in [0.5, 0.6) is 0 Å². The van der Waals surface area contributed by atoms with Gasteiger partial charge in [-0.2, -0.15) is 0 Å². The summed E-state index contributed by atoms with van der Waals surface area (Å²) >= 11 is 2.42. The average Bonchev–Trinajstić information content (AvgIpc) is 3.07. The number of ether oxygens (including phenoxy) is 12. The van der Waals surface area contributed by atoms with E-state index >= 15 is 0 Å². The summed E-state index contributed by atoms with van der Waals surface area (Å²) in [6, 6.07) is 0. The molecular formula is C33H67IO12. The molecule has 0 amide bonds. The lowest BCUT2D eigenvalue weighted by molar-refractivity contribution is -0.0286. The zero-order chi connectivity index (χ0) is 33.3. The van der Waals surface area contributed by atoms with Crippen molar-refractivity contribution in [2.45, 2.75) is 46.0 Å². The molecule has 0 spiro atoms. The molecule has 0 aliphatic rings. The van der Waals surface area contributed by atoms with Crippen LogP contribution < -0.4 is 0 Å². The van der Waals surface area contributed by atoms with Gasteiger partial charge in [-0.3, -0.25) is 0 Å². The number of hydrogen-bond donors (Lipinski definition) is 0. The predicted molar refractivity (Wildman–Crippen MR) is 187 cm³/mol. The maximum absolute atomic E-state index is 5.56. The summed E-state index contributed by atoms with van der Waals surface area (Å²) in [7, 11) is 0. The molecular weight excluding hydrogens is 715 g/mol. The van der Waals surface area contributed by atoms with E-state index in [9.17, 15) is 0 Å². The second-order valence-corrected chi connectivity index (χ2v) is 11.5. The lowest BCUT2D eigenvalue weighted by Gasteiger charge is -2.10. The highest BCUT2D eigenvalue weighted by molar-refractivity contribution is 14.1. The first-order valence-corrected chi connectivity index (χ1v) is 18.8. The molecule has 278 valence electrons. The van der Waals surface area contributed by atoms with Gasteiger partial charge in [0.1, 0.15) is 0 Å². The summed E-state index contributed by atoms with van der Waals surface area (Å²) in [5, 5.41) is 0. The van der Waals surface area contributed by atoms with E-state index in [1.165, 1.54) is 23.7 Å². The molecule has 0 rings (SSSR count). The first-order chi connectivity index (χ1) is 22.8. The minimum Gasteiger partial charge on any atom is -0.379 e. The van der Waals surface area contributed by atoms with Crippen molar-refractivity contribution in [1.82, 2.24) is 0 Å². The molecule has 12 nitrogen and oxygen atoms in total. The number of alkyl halides is 1. The number of halogens is 1. The Morgan fingerprint density at radius 1 is 0.326 bits per heavy atom. The van der Waals surface area contributed by atoms with Gasteiger partial charge < -0.3 is 56.8 Å². The Hall–Kier alpha value is 0.250. The largest absolute Gasteiger partial charge is 0.379 e. The van der Waals surface area contributed by atoms with Gasteiger partial charge >= 0.3 is 0 Å². The van der Waals surface area contributed by atoms with Crippen LogP contribution in [0.15, 0.2) is 0 Å². The molecule has 0 saturated heterocycles. The molecule has 0 aliphatic heterocycles. The molecule has 46 heavy (non-hydrogen) atoms. The molecule has 0 aliphatic carbocycles. The predicted octanol–water partition coefficient (Wildman–Crippen LogP) is 4.23. The fraction of sp³-hybridized carbons (Fsp3) is 1.00. The van der Waals surface area contributed by atoms with Crippen molar-refractivity contribution in [3.8, 4) is 0 Å². The van der Waals surface area contributed by atoms with Gasteiger partial charge in [0.15, 0.2) is 0 Å². The Labute approximate surface area is 293 Å². The van der Waals surface area contributed by atoms with Crippen LogP contribution in [-0.2, 0) is 56.8 Å². The molecule has 0 radical (unpaired) electrons. The molecule has 0 bridgehead atoms. The Bertz CT molecular complexity index is 539. The Balaban J connectivity index is 3.04. The Kier molecular flexibility index (Phi) is 43.5. The zero-order valence-corrected chi connectivity index (χ0v) is 31.2. The highest BCUT2D eigenvalue weighted by Gasteiger charge is 1.99. The summed E-state index contributed by atoms with van der Waals surface area (Å²) in [4.78, 5) is 0. The van der Waals surface area contributed by atoms with E-state index in [4.69, 9.17) is 56.8 Å². The van der Waals surface area contributed by atoms with Gasteiger partial charge in [-0.05, 0) is 23.2 Å². The van der Waals surface area contributed by atoms with Gasteiger partial charge in [0.05, 0.1) is 145 Å². The van der Waals surface area contributed by atoms with Gasteiger partial charge in [0, 0.05) is 13.2 Å². The van der Waals surface area contributed by atoms with Crippen molar-refractivity contribution in [1.29, 1.82) is 0 Å². The van der Waals surface area contributed by atoms with Gasteiger partial charge in [-0.25, -0.2) is 0 Å². The first kappa shape index (κ1) is 46.2. The zero-order valence-electron chi connectivity index (χ0n) is 29.1. The third-order valence-electron chi connectivity index (χ3n) is 6.36. The third-order valence-corrected chi connectivity index (χ3v) is 7.13. The fourth-order valence-corrected chi connectivity index (χ4v) is 4.01. The van der Waals surface area contributed by atoms with E-state index < -0.39 is 0 Å². The maximum atomic E-state index is 5.56. The summed E-state index contributed by atoms with van der Waals surface area (Å²) in [5.74, 6) is 0.599. The van der Waals surface area contributed by atoms with Crippen LogP contribution in [0.4, 0.5) is 0 Å². The minimum atomic E-state index is 0.521. The first-order valence-electron chi connectivity index (χ1n) is 17.3. The third kappa shape index (κ3) is 42.3. The molecule has 0 N–H and O–H groups in total. The van der Waals surface area contributed by atoms with Crippen LogP contribution in [0.3, 0.4) is 0 Å². The number of hydrogen-bond acceptors (Lipinski definition) is 12. The fourth-order valence-electron chi connectivity index (χ4n) is 3.47. The summed E-state index contributed by atoms with van der Waals surface area (Å²) in [6.45, 7) is 18.1. The van der Waals surface area contributed by atoms with E-state index in [0.29, 0.717) is 151 Å². The van der Waals surface area contributed by atoms with E-state index in [-0.39, 0.29) is 0 Å². The standard InChI is InChI=1S/C33H67IO12/c1-3-33(2)32-46-31-30-45-29-28-44-27-26-43-25-24-42-23-22-41-21-20-40-19-18-39-17-16-38-15-14-37-13-12-36-11-10-35-9-7-5-4-6-8-34/h33H,3-32H2,1-2H3. The van der Waals surface area contributed by atoms with Crippen LogP contribution >= 0.6 is 22.6 Å². The van der Waals surface area contributed by atoms with Crippen LogP contribution in [0.1, 0.15) is 46.0 Å². The Morgan fingerprint density at radius 2 is 0.565 bits per heavy atom. The number of unbranched alkanes of at least 4 members (excludes halogenated alkanes) is 3. The average molecular weight is 783 g/mol. The summed E-state index contributed by atoms with van der Waals surface area (Å²) in [5.41, 5.74) is 0. The van der Waals surface area contributed by atoms with E-state index in [0.717, 1.165) is 26.1 Å². The van der Waals surface area contributed by atoms with Crippen molar-refractivity contribution >= 4 is 22.6 Å². The number of rotatable bonds is 42. The highest BCUT2D eigenvalue weighted by Crippen LogP contribution is 2.02. The van der Waals surface area contributed by atoms with E-state index in [2.05, 4.69) is 36.4 Å². The second-order valence-electron chi connectivity index (χ2n) is 10.4. The van der Waals surface area contributed by atoms with Gasteiger partial charge in [-0.1, -0.05) is 55.7 Å². The molecule has 0 saturated carbocycles. The SMILES string of the molecule is CCC(C)COCCOCCOCCOCCOCCOCCOCCOCCOCCOCCOCCOCCCCCCI. The quantitative estimate of drug-likeness (QED) is 0.0503. The lowest BCUT2D eigenvalue weighted by Crippen LogP contribution is -2.15. The molecule has 0 aromatic heterocycles. The van der Waals surface area contributed by atoms with Gasteiger partial charge in [0.25, 0.3) is 0 Å². The molecule has 13 heteroatoms. The van der Waals surface area contributed by atoms with Crippen molar-refractivity contribution in [3.63, 3.8) is 0 Å². The van der Waals surface area contributed by atoms with Gasteiger partial charge in [0.2, 0.25) is 0 Å². The van der Waals surface area contributed by atoms with Crippen LogP contribution in [-0.4, -0.2) is 163 Å². The van der Waals surface area contributed by atoms with E-state index in [1.807, 2.05) is 0 Å². The van der Waals surface area contributed by atoms with Crippen LogP contribution in [0, 0.1) is 5.92 Å². The Morgan fingerprint density at radius 3 is 0.826 bits per heavy atom. The molecule has 0 heterocycles. The van der Waals surface area contributed by atoms with Crippen molar-refractivity contribution in [2.24, 2.45) is 5.92 Å². The van der Waals surface area contributed by atoms with Crippen molar-refractivity contribution in [2.75, 3.05) is 163 Å². The normalized spacial score (nSPS) is 12.3. The van der Waals surface area contributed by atoms with Crippen molar-refractivity contribution in [3.05, 3.63) is 0 Å². The van der Waals surface area contributed by atoms with E-state index in [1.54, 1.807) is 0 Å². The van der Waals surface area contributed by atoms with Gasteiger partial charge in [-0.15, -0.1) is 0 Å². The minimum absolute atomic E-state index is 0.521. The van der Waals surface area contributed by atoms with Crippen LogP contribution in [0.2, 0.25) is 0 Å². The monoisotopic (exact) mass is 782 g/mol. The molecule has 0 aromatic carbocycles. The maximum Gasteiger partial charge on any atom is 0.0701 e.